The van der Waals surface area contributed by atoms with E-state index in [-0.39, 0.29) is 18.1 Å². The van der Waals surface area contributed by atoms with Gasteiger partial charge in [-0.25, -0.2) is 0 Å². The van der Waals surface area contributed by atoms with Crippen LogP contribution >= 0.6 is 0 Å². The highest BCUT2D eigenvalue weighted by Gasteiger charge is 2.32. The summed E-state index contributed by atoms with van der Waals surface area (Å²) in [6, 6.07) is 8.48. The number of hydrogen-bond donors (Lipinski definition) is 1. The molecule has 5 nitrogen and oxygen atoms in total. The van der Waals surface area contributed by atoms with Crippen molar-refractivity contribution in [1.82, 2.24) is 10.2 Å². The third kappa shape index (κ3) is 3.42. The molecule has 0 bridgehead atoms. The van der Waals surface area contributed by atoms with Crippen LogP contribution in [0.2, 0.25) is 0 Å². The standard InChI is InChI=1S/C17H24N2O3/c1-19(2)17(20)16-8-7-14(22-16)10-18-13-9-12-5-3-4-6-15(12)21-11-13/h3-6,13-14,16,18H,7-11H2,1-2H3/t13-,14+,16-/m0/s1. The Morgan fingerprint density at radius 1 is 1.32 bits per heavy atom. The molecule has 1 aromatic rings. The quantitative estimate of drug-likeness (QED) is 0.908. The van der Waals surface area contributed by atoms with Crippen molar-refractivity contribution in [2.45, 2.75) is 37.5 Å². The topological polar surface area (TPSA) is 50.8 Å². The minimum atomic E-state index is -0.273. The monoisotopic (exact) mass is 304 g/mol. The van der Waals surface area contributed by atoms with Gasteiger partial charge in [-0.05, 0) is 30.9 Å². The highest BCUT2D eigenvalue weighted by atomic mass is 16.5. The van der Waals surface area contributed by atoms with Gasteiger partial charge in [0.05, 0.1) is 6.10 Å². The molecule has 1 fully saturated rings. The fraction of sp³-hybridized carbons (Fsp3) is 0.588. The second kappa shape index (κ2) is 6.67. The number of carbonyl (C=O) groups is 1. The van der Waals surface area contributed by atoms with Crippen LogP contribution in [0.25, 0.3) is 0 Å². The van der Waals surface area contributed by atoms with Crippen molar-refractivity contribution in [3.63, 3.8) is 0 Å². The number of hydrogen-bond acceptors (Lipinski definition) is 4. The molecule has 1 aromatic carbocycles. The van der Waals surface area contributed by atoms with Gasteiger partial charge in [0.25, 0.3) is 5.91 Å². The number of likely N-dealkylation sites (N-methyl/N-ethyl adjacent to an activating group) is 1. The zero-order valence-electron chi connectivity index (χ0n) is 13.2. The zero-order valence-corrected chi connectivity index (χ0v) is 13.2. The van der Waals surface area contributed by atoms with Gasteiger partial charge in [-0.15, -0.1) is 0 Å². The summed E-state index contributed by atoms with van der Waals surface area (Å²) in [7, 11) is 3.54. The summed E-state index contributed by atoms with van der Waals surface area (Å²) in [5.41, 5.74) is 1.25. The van der Waals surface area contributed by atoms with Crippen molar-refractivity contribution < 1.29 is 14.3 Å². The Morgan fingerprint density at radius 3 is 2.95 bits per heavy atom. The molecule has 0 radical (unpaired) electrons. The molecule has 1 saturated heterocycles. The highest BCUT2D eigenvalue weighted by molar-refractivity contribution is 5.80. The Hall–Kier alpha value is -1.59. The number of benzene rings is 1. The number of rotatable bonds is 4. The molecule has 2 aliphatic heterocycles. The Kier molecular flexibility index (Phi) is 4.64. The van der Waals surface area contributed by atoms with E-state index in [2.05, 4.69) is 11.4 Å². The molecular weight excluding hydrogens is 280 g/mol. The predicted octanol–water partition coefficient (Wildman–Crippen LogP) is 1.22. The lowest BCUT2D eigenvalue weighted by Crippen LogP contribution is -2.43. The van der Waals surface area contributed by atoms with E-state index < -0.39 is 0 Å². The summed E-state index contributed by atoms with van der Waals surface area (Å²) >= 11 is 0. The van der Waals surface area contributed by atoms with Crippen molar-refractivity contribution >= 4 is 5.91 Å². The largest absolute Gasteiger partial charge is 0.492 e. The van der Waals surface area contributed by atoms with Crippen LogP contribution in [-0.4, -0.2) is 56.3 Å². The maximum Gasteiger partial charge on any atom is 0.251 e. The number of nitrogens with one attached hydrogen (secondary N) is 1. The molecule has 0 aliphatic carbocycles. The van der Waals surface area contributed by atoms with E-state index in [9.17, 15) is 4.79 Å². The summed E-state index contributed by atoms with van der Waals surface area (Å²) < 4.78 is 11.6. The molecule has 0 spiro atoms. The lowest BCUT2D eigenvalue weighted by atomic mass is 10.0. The number of ether oxygens (including phenoxy) is 2. The molecule has 3 atom stereocenters. The van der Waals surface area contributed by atoms with E-state index in [1.54, 1.807) is 19.0 Å². The van der Waals surface area contributed by atoms with Gasteiger partial charge in [-0.1, -0.05) is 18.2 Å². The summed E-state index contributed by atoms with van der Waals surface area (Å²) in [6.07, 6.45) is 2.56. The molecule has 1 N–H and O–H groups in total. The van der Waals surface area contributed by atoms with Crippen LogP contribution in [0.1, 0.15) is 18.4 Å². The van der Waals surface area contributed by atoms with Gasteiger partial charge in [0.2, 0.25) is 0 Å². The lowest BCUT2D eigenvalue weighted by molar-refractivity contribution is -0.140. The molecule has 0 aromatic heterocycles. The van der Waals surface area contributed by atoms with Crippen LogP contribution < -0.4 is 10.1 Å². The molecule has 5 heteroatoms. The SMILES string of the molecule is CN(C)C(=O)[C@@H]1CC[C@H](CN[C@@H]2COc3ccccc3C2)O1. The van der Waals surface area contributed by atoms with E-state index in [1.165, 1.54) is 5.56 Å². The fourth-order valence-corrected chi connectivity index (χ4v) is 3.08. The average Bonchev–Trinajstić information content (AvgIpc) is 3.00. The second-order valence-corrected chi connectivity index (χ2v) is 6.28. The third-order valence-corrected chi connectivity index (χ3v) is 4.34. The van der Waals surface area contributed by atoms with Gasteiger partial charge in [-0.2, -0.15) is 0 Å². The lowest BCUT2D eigenvalue weighted by Gasteiger charge is -2.27. The minimum absolute atomic E-state index is 0.0671. The number of nitrogens with zero attached hydrogens (tertiary/aromatic N) is 1. The first kappa shape index (κ1) is 15.3. The van der Waals surface area contributed by atoms with Gasteiger partial charge in [0.15, 0.2) is 0 Å². The van der Waals surface area contributed by atoms with Gasteiger partial charge in [0, 0.05) is 26.7 Å². The second-order valence-electron chi connectivity index (χ2n) is 6.28. The molecule has 2 aliphatic rings. The summed E-state index contributed by atoms with van der Waals surface area (Å²) in [5, 5.41) is 3.52. The van der Waals surface area contributed by atoms with E-state index >= 15 is 0 Å². The Labute approximate surface area is 131 Å². The predicted molar refractivity (Wildman–Crippen MR) is 84.0 cm³/mol. The van der Waals surface area contributed by atoms with Crippen molar-refractivity contribution in [2.75, 3.05) is 27.2 Å². The fourth-order valence-electron chi connectivity index (χ4n) is 3.08. The maximum absolute atomic E-state index is 11.9. The van der Waals surface area contributed by atoms with Gasteiger partial charge in [0.1, 0.15) is 18.5 Å². The molecule has 0 saturated carbocycles. The molecule has 1 amide bonds. The molecule has 0 unspecified atom stereocenters. The van der Waals surface area contributed by atoms with Gasteiger partial charge in [-0.3, -0.25) is 4.79 Å². The summed E-state index contributed by atoms with van der Waals surface area (Å²) in [5.74, 6) is 1.06. The van der Waals surface area contributed by atoms with Crippen LogP contribution in [0.4, 0.5) is 0 Å². The first-order valence-corrected chi connectivity index (χ1v) is 7.94. The van der Waals surface area contributed by atoms with Gasteiger partial charge < -0.3 is 19.7 Å². The normalized spacial score (nSPS) is 27.1. The average molecular weight is 304 g/mol. The molecule has 2 heterocycles. The van der Waals surface area contributed by atoms with Crippen LogP contribution in [0.5, 0.6) is 5.75 Å². The van der Waals surface area contributed by atoms with Crippen molar-refractivity contribution in [3.8, 4) is 5.75 Å². The third-order valence-electron chi connectivity index (χ3n) is 4.34. The van der Waals surface area contributed by atoms with Crippen LogP contribution in [0.3, 0.4) is 0 Å². The number of amides is 1. The van der Waals surface area contributed by atoms with Crippen molar-refractivity contribution in [1.29, 1.82) is 0 Å². The smallest absolute Gasteiger partial charge is 0.251 e. The molecule has 3 rings (SSSR count). The van der Waals surface area contributed by atoms with E-state index in [4.69, 9.17) is 9.47 Å². The maximum atomic E-state index is 11.9. The van der Waals surface area contributed by atoms with E-state index in [0.29, 0.717) is 12.6 Å². The van der Waals surface area contributed by atoms with Gasteiger partial charge >= 0.3 is 0 Å². The van der Waals surface area contributed by atoms with Crippen molar-refractivity contribution in [2.24, 2.45) is 0 Å². The number of para-hydroxylation sites is 1. The Bertz CT molecular complexity index is 532. The zero-order chi connectivity index (χ0) is 15.5. The highest BCUT2D eigenvalue weighted by Crippen LogP contribution is 2.24. The summed E-state index contributed by atoms with van der Waals surface area (Å²) in [6.45, 7) is 1.46. The molecule has 22 heavy (non-hydrogen) atoms. The Balaban J connectivity index is 1.46. The molecular formula is C17H24N2O3. The number of carbonyl (C=O) groups excluding carboxylic acids is 1. The number of fused-ring (bicyclic) bond motifs is 1. The first-order chi connectivity index (χ1) is 10.6. The minimum Gasteiger partial charge on any atom is -0.492 e. The first-order valence-electron chi connectivity index (χ1n) is 7.94. The molecule has 120 valence electrons. The van der Waals surface area contributed by atoms with Crippen LogP contribution in [0, 0.1) is 0 Å². The van der Waals surface area contributed by atoms with E-state index in [0.717, 1.165) is 31.6 Å². The van der Waals surface area contributed by atoms with Crippen LogP contribution in [0.15, 0.2) is 24.3 Å². The van der Waals surface area contributed by atoms with Crippen molar-refractivity contribution in [3.05, 3.63) is 29.8 Å². The van der Waals surface area contributed by atoms with E-state index in [1.807, 2.05) is 18.2 Å². The Morgan fingerprint density at radius 2 is 2.14 bits per heavy atom. The summed E-state index contributed by atoms with van der Waals surface area (Å²) in [4.78, 5) is 13.5. The van der Waals surface area contributed by atoms with Crippen LogP contribution in [-0.2, 0) is 16.0 Å².